The zero-order chi connectivity index (χ0) is 21.8. The van der Waals surface area contributed by atoms with E-state index in [4.69, 9.17) is 4.52 Å². The lowest BCUT2D eigenvalue weighted by molar-refractivity contribution is -0.121. The van der Waals surface area contributed by atoms with Gasteiger partial charge in [-0.05, 0) is 24.5 Å². The van der Waals surface area contributed by atoms with Crippen LogP contribution in [0.1, 0.15) is 30.0 Å². The largest absolute Gasteiger partial charge is 0.352 e. The Morgan fingerprint density at radius 1 is 1.06 bits per heavy atom. The number of amides is 1. The van der Waals surface area contributed by atoms with Crippen molar-refractivity contribution in [1.29, 1.82) is 0 Å². The van der Waals surface area contributed by atoms with Crippen LogP contribution >= 0.6 is 0 Å². The number of hydrogen-bond acceptors (Lipinski definition) is 5. The summed E-state index contributed by atoms with van der Waals surface area (Å²) >= 11 is 0. The van der Waals surface area contributed by atoms with E-state index in [1.165, 1.54) is 16.5 Å². The van der Waals surface area contributed by atoms with Crippen molar-refractivity contribution in [3.8, 4) is 11.3 Å². The summed E-state index contributed by atoms with van der Waals surface area (Å²) in [5.41, 5.74) is 4.96. The number of nitrogens with one attached hydrogen (secondary N) is 1. The first-order valence-electron chi connectivity index (χ1n) is 10.3. The van der Waals surface area contributed by atoms with Gasteiger partial charge in [0.1, 0.15) is 11.2 Å². The maximum atomic E-state index is 12.7. The second-order valence-electron chi connectivity index (χ2n) is 7.51. The predicted molar refractivity (Wildman–Crippen MR) is 119 cm³/mol. The minimum Gasteiger partial charge on any atom is -0.352 e. The molecule has 0 radical (unpaired) electrons. The molecule has 4 aromatic rings. The number of hydrogen-bond donors (Lipinski definition) is 1. The van der Waals surface area contributed by atoms with Gasteiger partial charge >= 0.3 is 0 Å². The predicted octanol–water partition coefficient (Wildman–Crippen LogP) is 3.63. The molecule has 0 fully saturated rings. The summed E-state index contributed by atoms with van der Waals surface area (Å²) in [4.78, 5) is 29.3. The zero-order valence-corrected chi connectivity index (χ0v) is 17.6. The molecule has 2 aromatic carbocycles. The molecule has 0 bridgehead atoms. The second kappa shape index (κ2) is 8.95. The lowest BCUT2D eigenvalue weighted by Gasteiger charge is -2.07. The molecule has 2 heterocycles. The number of carbonyl (C=O) groups is 1. The molecule has 0 aliphatic rings. The number of aromatic nitrogens is 3. The summed E-state index contributed by atoms with van der Waals surface area (Å²) < 4.78 is 6.67. The molecular weight excluding hydrogens is 392 g/mol. The number of aryl methyl sites for hydroxylation is 3. The van der Waals surface area contributed by atoms with Gasteiger partial charge in [-0.2, -0.15) is 0 Å². The van der Waals surface area contributed by atoms with Crippen LogP contribution in [0.5, 0.6) is 0 Å². The maximum absolute atomic E-state index is 12.7. The van der Waals surface area contributed by atoms with Gasteiger partial charge in [0.15, 0.2) is 0 Å². The van der Waals surface area contributed by atoms with Crippen molar-refractivity contribution in [1.82, 2.24) is 20.0 Å². The summed E-state index contributed by atoms with van der Waals surface area (Å²) in [6, 6.07) is 15.9. The van der Waals surface area contributed by atoms with E-state index < -0.39 is 0 Å². The summed E-state index contributed by atoms with van der Waals surface area (Å²) in [5, 5.41) is 6.92. The topological polar surface area (TPSA) is 90.0 Å². The van der Waals surface area contributed by atoms with E-state index in [9.17, 15) is 9.59 Å². The highest BCUT2D eigenvalue weighted by Gasteiger charge is 2.16. The third kappa shape index (κ3) is 4.55. The Bertz CT molecular complexity index is 1250. The third-order valence-electron chi connectivity index (χ3n) is 5.27. The Balaban J connectivity index is 1.41. The van der Waals surface area contributed by atoms with E-state index in [2.05, 4.69) is 34.5 Å². The van der Waals surface area contributed by atoms with Crippen LogP contribution in [0.25, 0.3) is 22.4 Å². The molecule has 2 aromatic heterocycles. The highest BCUT2D eigenvalue weighted by molar-refractivity contribution is 5.87. The molecule has 7 nitrogen and oxygen atoms in total. The number of benzene rings is 2. The maximum Gasteiger partial charge on any atom is 0.299 e. The summed E-state index contributed by atoms with van der Waals surface area (Å²) in [6.07, 6.45) is 2.59. The molecule has 4 rings (SSSR count). The number of carbonyl (C=O) groups excluding carboxylic acids is 1. The lowest BCUT2D eigenvalue weighted by atomic mass is 10.1. The Morgan fingerprint density at radius 3 is 2.48 bits per heavy atom. The van der Waals surface area contributed by atoms with Crippen LogP contribution < -0.4 is 10.9 Å². The molecule has 0 saturated heterocycles. The SMILES string of the molecule is CCc1ccc(CNC(=O)CCn2cnc3c(-c4ccc(C)cc4)noc3c2=O)cc1. The monoisotopic (exact) mass is 416 g/mol. The van der Waals surface area contributed by atoms with Gasteiger partial charge in [0.05, 0.1) is 6.33 Å². The molecule has 7 heteroatoms. The molecule has 1 amide bonds. The molecule has 31 heavy (non-hydrogen) atoms. The molecule has 0 unspecified atom stereocenters. The minimum atomic E-state index is -0.348. The van der Waals surface area contributed by atoms with E-state index in [0.29, 0.717) is 17.8 Å². The van der Waals surface area contributed by atoms with Crippen molar-refractivity contribution < 1.29 is 9.32 Å². The first-order chi connectivity index (χ1) is 15.0. The van der Waals surface area contributed by atoms with Crippen LogP contribution in [0.4, 0.5) is 0 Å². The highest BCUT2D eigenvalue weighted by Crippen LogP contribution is 2.24. The molecule has 0 saturated carbocycles. The summed E-state index contributed by atoms with van der Waals surface area (Å²) in [6.45, 7) is 4.77. The fourth-order valence-corrected chi connectivity index (χ4v) is 3.32. The third-order valence-corrected chi connectivity index (χ3v) is 5.27. The highest BCUT2D eigenvalue weighted by atomic mass is 16.5. The van der Waals surface area contributed by atoms with E-state index >= 15 is 0 Å². The van der Waals surface area contributed by atoms with Gasteiger partial charge < -0.3 is 9.84 Å². The van der Waals surface area contributed by atoms with E-state index in [-0.39, 0.29) is 30.0 Å². The normalized spacial score (nSPS) is 11.0. The van der Waals surface area contributed by atoms with Crippen LogP contribution in [0.2, 0.25) is 0 Å². The second-order valence-corrected chi connectivity index (χ2v) is 7.51. The van der Waals surface area contributed by atoms with Crippen LogP contribution in [0.15, 0.2) is 64.2 Å². The van der Waals surface area contributed by atoms with Crippen molar-refractivity contribution in [2.24, 2.45) is 0 Å². The number of rotatable bonds is 7. The molecule has 0 aliphatic carbocycles. The van der Waals surface area contributed by atoms with Gasteiger partial charge in [-0.25, -0.2) is 4.98 Å². The lowest BCUT2D eigenvalue weighted by Crippen LogP contribution is -2.27. The van der Waals surface area contributed by atoms with Crippen LogP contribution in [0.3, 0.4) is 0 Å². The number of fused-ring (bicyclic) bond motifs is 1. The van der Waals surface area contributed by atoms with Crippen LogP contribution in [0, 0.1) is 6.92 Å². The fourth-order valence-electron chi connectivity index (χ4n) is 3.32. The Kier molecular flexibility index (Phi) is 5.93. The summed E-state index contributed by atoms with van der Waals surface area (Å²) in [7, 11) is 0. The van der Waals surface area contributed by atoms with Gasteiger partial charge in [-0.3, -0.25) is 14.2 Å². The van der Waals surface area contributed by atoms with E-state index in [1.807, 2.05) is 43.3 Å². The van der Waals surface area contributed by atoms with Crippen LogP contribution in [-0.4, -0.2) is 20.6 Å². The van der Waals surface area contributed by atoms with Crippen molar-refractivity contribution in [3.05, 3.63) is 81.9 Å². The van der Waals surface area contributed by atoms with Crippen molar-refractivity contribution in [3.63, 3.8) is 0 Å². The molecule has 158 valence electrons. The average molecular weight is 416 g/mol. The number of nitrogens with zero attached hydrogens (tertiary/aromatic N) is 3. The standard InChI is InChI=1S/C24H24N4O3/c1-3-17-6-8-18(9-7-17)14-25-20(29)12-13-28-15-26-22-21(27-31-23(22)24(28)30)19-10-4-16(2)5-11-19/h4-11,15H,3,12-14H2,1-2H3,(H,25,29). The Morgan fingerprint density at radius 2 is 1.77 bits per heavy atom. The zero-order valence-electron chi connectivity index (χ0n) is 17.6. The van der Waals surface area contributed by atoms with Gasteiger partial charge in [-0.15, -0.1) is 0 Å². The molecule has 0 aliphatic heterocycles. The molecule has 0 atom stereocenters. The molecule has 0 spiro atoms. The van der Waals surface area contributed by atoms with Gasteiger partial charge in [0.2, 0.25) is 5.91 Å². The van der Waals surface area contributed by atoms with E-state index in [0.717, 1.165) is 23.1 Å². The van der Waals surface area contributed by atoms with Crippen molar-refractivity contribution in [2.75, 3.05) is 0 Å². The van der Waals surface area contributed by atoms with Crippen molar-refractivity contribution in [2.45, 2.75) is 39.8 Å². The quantitative estimate of drug-likeness (QED) is 0.497. The van der Waals surface area contributed by atoms with Gasteiger partial charge in [0, 0.05) is 25.1 Å². The first-order valence-corrected chi connectivity index (χ1v) is 10.3. The Hall–Kier alpha value is -3.74. The minimum absolute atomic E-state index is 0.0921. The average Bonchev–Trinajstić information content (AvgIpc) is 3.23. The summed E-state index contributed by atoms with van der Waals surface area (Å²) in [5.74, 6) is -0.135. The molecule has 1 N–H and O–H groups in total. The van der Waals surface area contributed by atoms with E-state index in [1.54, 1.807) is 0 Å². The van der Waals surface area contributed by atoms with Crippen LogP contribution in [-0.2, 0) is 24.3 Å². The fraction of sp³-hybridized carbons (Fsp3) is 0.250. The first kappa shape index (κ1) is 20.5. The van der Waals surface area contributed by atoms with Gasteiger partial charge in [-0.1, -0.05) is 66.2 Å². The Labute approximate surface area is 179 Å². The molecular formula is C24H24N4O3. The van der Waals surface area contributed by atoms with Crippen molar-refractivity contribution >= 4 is 17.0 Å². The smallest absolute Gasteiger partial charge is 0.299 e. The van der Waals surface area contributed by atoms with Gasteiger partial charge in [0.25, 0.3) is 11.1 Å².